The second-order valence-corrected chi connectivity index (χ2v) is 5.39. The molecule has 1 aromatic rings. The maximum absolute atomic E-state index is 12.4. The number of nitrogens with zero attached hydrogens (tertiary/aromatic N) is 5. The molecule has 3 heterocycles. The lowest BCUT2D eigenvalue weighted by atomic mass is 10.1. The van der Waals surface area contributed by atoms with Crippen molar-refractivity contribution in [3.05, 3.63) is 18.1 Å². The Morgan fingerprint density at radius 1 is 1.18 bits per heavy atom. The van der Waals surface area contributed by atoms with Crippen LogP contribution in [0.3, 0.4) is 0 Å². The van der Waals surface area contributed by atoms with Gasteiger partial charge in [-0.05, 0) is 6.92 Å². The molecule has 1 fully saturated rings. The largest absolute Gasteiger partial charge is 0.353 e. The molecule has 0 aliphatic carbocycles. The van der Waals surface area contributed by atoms with Gasteiger partial charge in [0.2, 0.25) is 5.91 Å². The van der Waals surface area contributed by atoms with Crippen molar-refractivity contribution in [1.29, 1.82) is 0 Å². The van der Waals surface area contributed by atoms with Crippen LogP contribution in [-0.4, -0.2) is 58.6 Å². The van der Waals surface area contributed by atoms with Crippen molar-refractivity contribution in [2.75, 3.05) is 31.1 Å². The molecule has 8 heteroatoms. The predicted molar refractivity (Wildman–Crippen MR) is 80.4 cm³/mol. The van der Waals surface area contributed by atoms with Gasteiger partial charge in [-0.25, -0.2) is 15.4 Å². The van der Waals surface area contributed by atoms with Crippen molar-refractivity contribution < 1.29 is 9.59 Å². The molecule has 2 aliphatic rings. The summed E-state index contributed by atoms with van der Waals surface area (Å²) in [4.78, 5) is 35.7. The van der Waals surface area contributed by atoms with Gasteiger partial charge in [0.1, 0.15) is 17.9 Å². The van der Waals surface area contributed by atoms with Crippen LogP contribution < -0.4 is 10.3 Å². The van der Waals surface area contributed by atoms with Crippen molar-refractivity contribution in [2.24, 2.45) is 5.10 Å². The van der Waals surface area contributed by atoms with Crippen LogP contribution in [0.2, 0.25) is 0 Å². The third-order valence-electron chi connectivity index (χ3n) is 3.83. The van der Waals surface area contributed by atoms with Gasteiger partial charge < -0.3 is 9.80 Å². The lowest BCUT2D eigenvalue weighted by Crippen LogP contribution is -2.51. The summed E-state index contributed by atoms with van der Waals surface area (Å²) in [6, 6.07) is 1.94. The van der Waals surface area contributed by atoms with Gasteiger partial charge >= 0.3 is 0 Å². The number of aromatic nitrogens is 2. The van der Waals surface area contributed by atoms with Crippen molar-refractivity contribution in [3.8, 4) is 0 Å². The SMILES string of the molecule is Cc1cc(N2CCN(C(=O)C3=NNC(=O)CC3)CC2)ncn1. The van der Waals surface area contributed by atoms with E-state index in [-0.39, 0.29) is 11.8 Å². The number of anilines is 1. The van der Waals surface area contributed by atoms with E-state index in [9.17, 15) is 9.59 Å². The summed E-state index contributed by atoms with van der Waals surface area (Å²) in [5, 5.41) is 3.87. The molecule has 3 rings (SSSR count). The van der Waals surface area contributed by atoms with Crippen LogP contribution in [0.15, 0.2) is 17.5 Å². The first-order valence-corrected chi connectivity index (χ1v) is 7.32. The van der Waals surface area contributed by atoms with E-state index in [1.165, 1.54) is 0 Å². The summed E-state index contributed by atoms with van der Waals surface area (Å²) in [6.45, 7) is 4.62. The first-order valence-electron chi connectivity index (χ1n) is 7.32. The summed E-state index contributed by atoms with van der Waals surface area (Å²) in [5.41, 5.74) is 3.73. The maximum atomic E-state index is 12.4. The Kier molecular flexibility index (Phi) is 3.99. The van der Waals surface area contributed by atoms with E-state index < -0.39 is 0 Å². The van der Waals surface area contributed by atoms with Gasteiger partial charge in [0, 0.05) is 50.8 Å². The Bertz CT molecular complexity index is 622. The number of carbonyl (C=O) groups excluding carboxylic acids is 2. The molecule has 1 saturated heterocycles. The fourth-order valence-corrected chi connectivity index (χ4v) is 2.56. The standard InChI is InChI=1S/C14H18N6O2/c1-10-8-12(16-9-15-10)19-4-6-20(7-5-19)14(22)11-2-3-13(21)18-17-11/h8-9H,2-7H2,1H3,(H,18,21). The van der Waals surface area contributed by atoms with Crippen LogP contribution >= 0.6 is 0 Å². The Balaban J connectivity index is 1.60. The number of amides is 2. The van der Waals surface area contributed by atoms with Gasteiger partial charge in [0.05, 0.1) is 0 Å². The van der Waals surface area contributed by atoms with Gasteiger partial charge in [-0.2, -0.15) is 5.10 Å². The molecule has 22 heavy (non-hydrogen) atoms. The molecule has 2 amide bonds. The van der Waals surface area contributed by atoms with Crippen LogP contribution in [-0.2, 0) is 9.59 Å². The van der Waals surface area contributed by atoms with Crippen molar-refractivity contribution in [2.45, 2.75) is 19.8 Å². The molecule has 0 spiro atoms. The summed E-state index contributed by atoms with van der Waals surface area (Å²) in [5.74, 6) is 0.667. The fraction of sp³-hybridized carbons (Fsp3) is 0.500. The molecule has 0 saturated carbocycles. The van der Waals surface area contributed by atoms with Crippen LogP contribution in [0.1, 0.15) is 18.5 Å². The first-order chi connectivity index (χ1) is 10.6. The van der Waals surface area contributed by atoms with Crippen molar-refractivity contribution >= 4 is 23.3 Å². The Labute approximate surface area is 128 Å². The zero-order chi connectivity index (χ0) is 15.5. The molecule has 0 atom stereocenters. The van der Waals surface area contributed by atoms with E-state index in [4.69, 9.17) is 0 Å². The summed E-state index contributed by atoms with van der Waals surface area (Å²) < 4.78 is 0. The highest BCUT2D eigenvalue weighted by atomic mass is 16.2. The number of piperazine rings is 1. The van der Waals surface area contributed by atoms with E-state index in [0.717, 1.165) is 24.6 Å². The summed E-state index contributed by atoms with van der Waals surface area (Å²) >= 11 is 0. The third kappa shape index (κ3) is 3.05. The second kappa shape index (κ2) is 6.08. The molecule has 2 aliphatic heterocycles. The zero-order valence-corrected chi connectivity index (χ0v) is 12.4. The minimum Gasteiger partial charge on any atom is -0.353 e. The highest BCUT2D eigenvalue weighted by Gasteiger charge is 2.27. The van der Waals surface area contributed by atoms with Gasteiger partial charge in [-0.1, -0.05) is 0 Å². The molecule has 0 unspecified atom stereocenters. The number of rotatable bonds is 2. The van der Waals surface area contributed by atoms with Crippen molar-refractivity contribution in [3.63, 3.8) is 0 Å². The van der Waals surface area contributed by atoms with Crippen LogP contribution in [0.25, 0.3) is 0 Å². The van der Waals surface area contributed by atoms with Gasteiger partial charge in [-0.15, -0.1) is 0 Å². The number of hydrogen-bond acceptors (Lipinski definition) is 6. The number of carbonyl (C=O) groups is 2. The number of aryl methyl sites for hydroxylation is 1. The molecule has 0 bridgehead atoms. The smallest absolute Gasteiger partial charge is 0.270 e. The number of hydrazone groups is 1. The summed E-state index contributed by atoms with van der Waals surface area (Å²) in [6.07, 6.45) is 2.29. The Morgan fingerprint density at radius 2 is 1.95 bits per heavy atom. The number of nitrogens with one attached hydrogen (secondary N) is 1. The zero-order valence-electron chi connectivity index (χ0n) is 12.4. The van der Waals surface area contributed by atoms with E-state index in [1.807, 2.05) is 13.0 Å². The molecular formula is C14H18N6O2. The minimum atomic E-state index is -0.138. The molecule has 0 aromatic carbocycles. The van der Waals surface area contributed by atoms with Crippen LogP contribution in [0.4, 0.5) is 5.82 Å². The van der Waals surface area contributed by atoms with Crippen LogP contribution in [0.5, 0.6) is 0 Å². The molecule has 8 nitrogen and oxygen atoms in total. The van der Waals surface area contributed by atoms with E-state index in [1.54, 1.807) is 11.2 Å². The lowest BCUT2D eigenvalue weighted by molar-refractivity contribution is -0.124. The van der Waals surface area contributed by atoms with Gasteiger partial charge in [-0.3, -0.25) is 9.59 Å². The molecule has 0 radical (unpaired) electrons. The Hall–Kier alpha value is -2.51. The maximum Gasteiger partial charge on any atom is 0.270 e. The van der Waals surface area contributed by atoms with Crippen LogP contribution in [0, 0.1) is 6.92 Å². The lowest BCUT2D eigenvalue weighted by Gasteiger charge is -2.35. The molecule has 116 valence electrons. The van der Waals surface area contributed by atoms with Gasteiger partial charge in [0.15, 0.2) is 0 Å². The minimum absolute atomic E-state index is 0.0847. The average molecular weight is 302 g/mol. The molecular weight excluding hydrogens is 284 g/mol. The highest BCUT2D eigenvalue weighted by molar-refractivity contribution is 6.39. The predicted octanol–water partition coefficient (Wildman–Crippen LogP) is -0.300. The quantitative estimate of drug-likeness (QED) is 0.810. The second-order valence-electron chi connectivity index (χ2n) is 5.39. The topological polar surface area (TPSA) is 90.8 Å². The summed E-state index contributed by atoms with van der Waals surface area (Å²) in [7, 11) is 0. The van der Waals surface area contributed by atoms with E-state index in [0.29, 0.717) is 31.6 Å². The van der Waals surface area contributed by atoms with E-state index in [2.05, 4.69) is 25.4 Å². The first kappa shape index (κ1) is 14.4. The highest BCUT2D eigenvalue weighted by Crippen LogP contribution is 2.14. The Morgan fingerprint density at radius 3 is 2.59 bits per heavy atom. The monoisotopic (exact) mass is 302 g/mol. The average Bonchev–Trinajstić information content (AvgIpc) is 2.55. The molecule has 1 N–H and O–H groups in total. The fourth-order valence-electron chi connectivity index (χ4n) is 2.56. The van der Waals surface area contributed by atoms with Gasteiger partial charge in [0.25, 0.3) is 5.91 Å². The van der Waals surface area contributed by atoms with Crippen molar-refractivity contribution in [1.82, 2.24) is 20.3 Å². The normalized spacial score (nSPS) is 18.8. The van der Waals surface area contributed by atoms with E-state index >= 15 is 0 Å². The number of hydrogen-bond donors (Lipinski definition) is 1. The third-order valence-corrected chi connectivity index (χ3v) is 3.83. The molecule has 1 aromatic heterocycles.